The van der Waals surface area contributed by atoms with Crippen LogP contribution in [0.2, 0.25) is 0 Å². The molecule has 0 aromatic heterocycles. The van der Waals surface area contributed by atoms with Gasteiger partial charge in [0.05, 0.1) is 6.61 Å². The van der Waals surface area contributed by atoms with E-state index in [0.29, 0.717) is 6.04 Å². The Labute approximate surface area is 118 Å². The minimum Gasteiger partial charge on any atom is -0.378 e. The zero-order valence-electron chi connectivity index (χ0n) is 12.9. The molecule has 2 rings (SSSR count). The molecule has 1 aliphatic heterocycles. The smallest absolute Gasteiger partial charge is 0.106 e. The minimum absolute atomic E-state index is 0.0657. The Balaban J connectivity index is 1.77. The third-order valence-electron chi connectivity index (χ3n) is 5.17. The first-order valence-electron chi connectivity index (χ1n) is 8.01. The van der Waals surface area contributed by atoms with Crippen molar-refractivity contribution in [2.45, 2.75) is 64.0 Å². The van der Waals surface area contributed by atoms with Crippen LogP contribution >= 0.6 is 0 Å². The van der Waals surface area contributed by atoms with Gasteiger partial charge in [0.25, 0.3) is 0 Å². The van der Waals surface area contributed by atoms with Crippen molar-refractivity contribution in [3.8, 4) is 0 Å². The SMILES string of the molecule is COC1(CNC2CCCC(C(C)C)CC2)CCOC1. The summed E-state index contributed by atoms with van der Waals surface area (Å²) in [5.41, 5.74) is -0.0657. The van der Waals surface area contributed by atoms with E-state index in [1.807, 2.05) is 7.11 Å². The second-order valence-corrected chi connectivity index (χ2v) is 6.78. The molecule has 3 unspecified atom stereocenters. The van der Waals surface area contributed by atoms with Gasteiger partial charge in [0.2, 0.25) is 0 Å². The van der Waals surface area contributed by atoms with Crippen molar-refractivity contribution in [2.75, 3.05) is 26.9 Å². The molecule has 0 radical (unpaired) electrons. The molecule has 0 amide bonds. The number of rotatable bonds is 5. The summed E-state index contributed by atoms with van der Waals surface area (Å²) in [5.74, 6) is 1.77. The monoisotopic (exact) mass is 269 g/mol. The average Bonchev–Trinajstić information content (AvgIpc) is 2.74. The van der Waals surface area contributed by atoms with Crippen LogP contribution in [0.5, 0.6) is 0 Å². The molecule has 1 saturated heterocycles. The standard InChI is InChI=1S/C16H31NO2/c1-13(2)14-5-4-6-15(8-7-14)17-11-16(18-3)9-10-19-12-16/h13-15,17H,4-12H2,1-3H3. The molecule has 1 heterocycles. The highest BCUT2D eigenvalue weighted by atomic mass is 16.5. The quantitative estimate of drug-likeness (QED) is 0.778. The minimum atomic E-state index is -0.0657. The van der Waals surface area contributed by atoms with E-state index in [1.165, 1.54) is 32.1 Å². The lowest BCUT2D eigenvalue weighted by molar-refractivity contribution is -0.0177. The molecule has 2 fully saturated rings. The fourth-order valence-electron chi connectivity index (χ4n) is 3.49. The molecule has 3 atom stereocenters. The van der Waals surface area contributed by atoms with Gasteiger partial charge in [-0.1, -0.05) is 26.7 Å². The van der Waals surface area contributed by atoms with Crippen molar-refractivity contribution >= 4 is 0 Å². The van der Waals surface area contributed by atoms with Crippen molar-refractivity contribution < 1.29 is 9.47 Å². The van der Waals surface area contributed by atoms with E-state index >= 15 is 0 Å². The van der Waals surface area contributed by atoms with Gasteiger partial charge < -0.3 is 14.8 Å². The maximum absolute atomic E-state index is 5.69. The van der Waals surface area contributed by atoms with Gasteiger partial charge in [0.1, 0.15) is 5.60 Å². The van der Waals surface area contributed by atoms with E-state index in [9.17, 15) is 0 Å². The third kappa shape index (κ3) is 4.17. The summed E-state index contributed by atoms with van der Waals surface area (Å²) in [7, 11) is 1.82. The molecule has 0 aromatic rings. The van der Waals surface area contributed by atoms with Crippen molar-refractivity contribution in [3.05, 3.63) is 0 Å². The molecule has 0 aromatic carbocycles. The van der Waals surface area contributed by atoms with Crippen LogP contribution in [0.15, 0.2) is 0 Å². The summed E-state index contributed by atoms with van der Waals surface area (Å²) in [6, 6.07) is 0.677. The van der Waals surface area contributed by atoms with Gasteiger partial charge in [-0.05, 0) is 31.1 Å². The van der Waals surface area contributed by atoms with Crippen LogP contribution in [0.1, 0.15) is 52.4 Å². The fraction of sp³-hybridized carbons (Fsp3) is 1.00. The molecule has 3 nitrogen and oxygen atoms in total. The molecule has 2 aliphatic rings. The van der Waals surface area contributed by atoms with Gasteiger partial charge in [-0.25, -0.2) is 0 Å². The normalized spacial score (nSPS) is 36.6. The van der Waals surface area contributed by atoms with Crippen molar-refractivity contribution in [1.29, 1.82) is 0 Å². The van der Waals surface area contributed by atoms with E-state index in [0.717, 1.165) is 38.0 Å². The molecule has 3 heteroatoms. The molecule has 1 N–H and O–H groups in total. The van der Waals surface area contributed by atoms with Crippen molar-refractivity contribution in [2.24, 2.45) is 11.8 Å². The van der Waals surface area contributed by atoms with Crippen LogP contribution in [0.4, 0.5) is 0 Å². The largest absolute Gasteiger partial charge is 0.378 e. The van der Waals surface area contributed by atoms with Crippen LogP contribution < -0.4 is 5.32 Å². The van der Waals surface area contributed by atoms with Crippen LogP contribution in [0, 0.1) is 11.8 Å². The summed E-state index contributed by atoms with van der Waals surface area (Å²) in [4.78, 5) is 0. The Morgan fingerprint density at radius 1 is 1.26 bits per heavy atom. The summed E-state index contributed by atoms with van der Waals surface area (Å²) < 4.78 is 11.2. The summed E-state index contributed by atoms with van der Waals surface area (Å²) >= 11 is 0. The zero-order valence-corrected chi connectivity index (χ0v) is 12.9. The number of ether oxygens (including phenoxy) is 2. The fourth-order valence-corrected chi connectivity index (χ4v) is 3.49. The van der Waals surface area contributed by atoms with Crippen molar-refractivity contribution in [3.63, 3.8) is 0 Å². The maximum atomic E-state index is 5.69. The van der Waals surface area contributed by atoms with Crippen LogP contribution in [0.3, 0.4) is 0 Å². The Kier molecular flexibility index (Phi) is 5.67. The van der Waals surface area contributed by atoms with E-state index in [-0.39, 0.29) is 5.60 Å². The number of nitrogens with one attached hydrogen (secondary N) is 1. The highest BCUT2D eigenvalue weighted by molar-refractivity contribution is 4.89. The van der Waals surface area contributed by atoms with Crippen LogP contribution in [-0.4, -0.2) is 38.5 Å². The van der Waals surface area contributed by atoms with E-state index in [2.05, 4.69) is 19.2 Å². The lowest BCUT2D eigenvalue weighted by Crippen LogP contribution is -2.46. The Bertz CT molecular complexity index is 261. The lowest BCUT2D eigenvalue weighted by Gasteiger charge is -2.29. The second-order valence-electron chi connectivity index (χ2n) is 6.78. The molecule has 1 aliphatic carbocycles. The topological polar surface area (TPSA) is 30.5 Å². The molecular formula is C16H31NO2. The second kappa shape index (κ2) is 7.05. The Hall–Kier alpha value is -0.120. The summed E-state index contributed by atoms with van der Waals surface area (Å²) in [6.07, 6.45) is 7.84. The first kappa shape index (κ1) is 15.3. The van der Waals surface area contributed by atoms with Gasteiger partial charge in [-0.15, -0.1) is 0 Å². The van der Waals surface area contributed by atoms with Gasteiger partial charge in [0, 0.05) is 32.7 Å². The van der Waals surface area contributed by atoms with E-state index in [4.69, 9.17) is 9.47 Å². The van der Waals surface area contributed by atoms with Gasteiger partial charge in [0.15, 0.2) is 0 Å². The molecular weight excluding hydrogens is 238 g/mol. The molecule has 0 spiro atoms. The zero-order chi connectivity index (χ0) is 13.7. The van der Waals surface area contributed by atoms with Gasteiger partial charge in [-0.2, -0.15) is 0 Å². The first-order chi connectivity index (χ1) is 9.15. The predicted molar refractivity (Wildman–Crippen MR) is 78.4 cm³/mol. The Morgan fingerprint density at radius 3 is 2.74 bits per heavy atom. The summed E-state index contributed by atoms with van der Waals surface area (Å²) in [6.45, 7) is 7.27. The number of hydrogen-bond donors (Lipinski definition) is 1. The van der Waals surface area contributed by atoms with Gasteiger partial charge >= 0.3 is 0 Å². The highest BCUT2D eigenvalue weighted by Crippen LogP contribution is 2.29. The Morgan fingerprint density at radius 2 is 2.11 bits per heavy atom. The van der Waals surface area contributed by atoms with Crippen LogP contribution in [0.25, 0.3) is 0 Å². The predicted octanol–water partition coefficient (Wildman–Crippen LogP) is 2.99. The molecule has 112 valence electrons. The third-order valence-corrected chi connectivity index (χ3v) is 5.17. The van der Waals surface area contributed by atoms with Gasteiger partial charge in [-0.3, -0.25) is 0 Å². The molecule has 0 bridgehead atoms. The number of methoxy groups -OCH3 is 1. The maximum Gasteiger partial charge on any atom is 0.106 e. The van der Waals surface area contributed by atoms with E-state index in [1.54, 1.807) is 0 Å². The first-order valence-corrected chi connectivity index (χ1v) is 8.01. The van der Waals surface area contributed by atoms with Crippen LogP contribution in [-0.2, 0) is 9.47 Å². The molecule has 1 saturated carbocycles. The lowest BCUT2D eigenvalue weighted by atomic mass is 9.89. The highest BCUT2D eigenvalue weighted by Gasteiger charge is 2.35. The molecule has 19 heavy (non-hydrogen) atoms. The number of hydrogen-bond acceptors (Lipinski definition) is 3. The van der Waals surface area contributed by atoms with Crippen molar-refractivity contribution in [1.82, 2.24) is 5.32 Å². The average molecular weight is 269 g/mol. The van der Waals surface area contributed by atoms with E-state index < -0.39 is 0 Å². The summed E-state index contributed by atoms with van der Waals surface area (Å²) in [5, 5.41) is 3.75.